The van der Waals surface area contributed by atoms with E-state index in [4.69, 9.17) is 0 Å². The number of aryl methyl sites for hydroxylation is 1. The number of piperidine rings is 1. The molecule has 3 rings (SSSR count). The van der Waals surface area contributed by atoms with Gasteiger partial charge in [0.1, 0.15) is 4.88 Å². The number of carbonyl (C=O) groups is 1. The third kappa shape index (κ3) is 4.61. The number of thiazole rings is 1. The molecule has 25 heavy (non-hydrogen) atoms. The average Bonchev–Trinajstić information content (AvgIpc) is 3.09. The third-order valence-electron chi connectivity index (χ3n) is 4.39. The van der Waals surface area contributed by atoms with Crippen LogP contribution in [0.4, 0.5) is 8.78 Å². The van der Waals surface area contributed by atoms with Crippen LogP contribution in [0.25, 0.3) is 0 Å². The Hall–Kier alpha value is -1.86. The van der Waals surface area contributed by atoms with Crippen LogP contribution in [0.3, 0.4) is 0 Å². The maximum Gasteiger partial charge on any atom is 0.263 e. The minimum Gasteiger partial charge on any atom is -0.348 e. The molecule has 0 saturated carbocycles. The monoisotopic (exact) mass is 365 g/mol. The van der Waals surface area contributed by atoms with Gasteiger partial charge in [-0.3, -0.25) is 9.69 Å². The van der Waals surface area contributed by atoms with Crippen LogP contribution in [0, 0.1) is 11.6 Å². The Balaban J connectivity index is 1.48. The first-order chi connectivity index (χ1) is 12.0. The molecule has 0 radical (unpaired) electrons. The second kappa shape index (κ2) is 8.01. The van der Waals surface area contributed by atoms with Gasteiger partial charge < -0.3 is 5.32 Å². The van der Waals surface area contributed by atoms with Crippen LogP contribution in [-0.4, -0.2) is 34.9 Å². The number of aromatic nitrogens is 1. The van der Waals surface area contributed by atoms with Gasteiger partial charge in [-0.1, -0.05) is 13.0 Å². The third-order valence-corrected chi connectivity index (χ3v) is 5.53. The van der Waals surface area contributed by atoms with Crippen molar-refractivity contribution in [2.45, 2.75) is 38.8 Å². The number of carbonyl (C=O) groups excluding carboxylic acids is 1. The van der Waals surface area contributed by atoms with Crippen molar-refractivity contribution in [3.05, 3.63) is 51.5 Å². The number of likely N-dealkylation sites (tertiary alicyclic amines) is 1. The highest BCUT2D eigenvalue weighted by molar-refractivity contribution is 7.13. The summed E-state index contributed by atoms with van der Waals surface area (Å²) < 4.78 is 26.3. The Kier molecular flexibility index (Phi) is 5.75. The second-order valence-corrected chi connectivity index (χ2v) is 7.36. The number of rotatable bonds is 5. The minimum atomic E-state index is -0.820. The second-order valence-electron chi connectivity index (χ2n) is 6.24. The number of halogens is 2. The molecule has 0 unspecified atom stereocenters. The van der Waals surface area contributed by atoms with Crippen molar-refractivity contribution < 1.29 is 13.6 Å². The topological polar surface area (TPSA) is 45.2 Å². The van der Waals surface area contributed by atoms with E-state index in [9.17, 15) is 13.6 Å². The van der Waals surface area contributed by atoms with Crippen LogP contribution in [0.2, 0.25) is 0 Å². The lowest BCUT2D eigenvalue weighted by molar-refractivity contribution is 0.0913. The zero-order valence-electron chi connectivity index (χ0n) is 14.1. The summed E-state index contributed by atoms with van der Waals surface area (Å²) in [5.74, 6) is -1.69. The Bertz CT molecular complexity index is 742. The van der Waals surface area contributed by atoms with Crippen molar-refractivity contribution in [1.29, 1.82) is 0 Å². The van der Waals surface area contributed by atoms with E-state index in [0.29, 0.717) is 11.4 Å². The van der Waals surface area contributed by atoms with Crippen LogP contribution in [0.15, 0.2) is 24.4 Å². The highest BCUT2D eigenvalue weighted by atomic mass is 32.1. The number of amides is 1. The number of nitrogens with one attached hydrogen (secondary N) is 1. The van der Waals surface area contributed by atoms with Gasteiger partial charge >= 0.3 is 0 Å². The summed E-state index contributed by atoms with van der Waals surface area (Å²) >= 11 is 1.43. The molecule has 1 aromatic carbocycles. The number of benzene rings is 1. The normalized spacial score (nSPS) is 16.1. The number of hydrogen-bond donors (Lipinski definition) is 1. The summed E-state index contributed by atoms with van der Waals surface area (Å²) in [6.07, 6.45) is 4.15. The summed E-state index contributed by atoms with van der Waals surface area (Å²) in [6.45, 7) is 4.23. The predicted molar refractivity (Wildman–Crippen MR) is 93.6 cm³/mol. The summed E-state index contributed by atoms with van der Waals surface area (Å²) in [5.41, 5.74) is 0.762. The highest BCUT2D eigenvalue weighted by Crippen LogP contribution is 2.18. The Morgan fingerprint density at radius 2 is 2.08 bits per heavy atom. The molecule has 2 aromatic rings. The van der Waals surface area contributed by atoms with Gasteiger partial charge in [-0.25, -0.2) is 13.8 Å². The van der Waals surface area contributed by atoms with Crippen molar-refractivity contribution in [1.82, 2.24) is 15.2 Å². The van der Waals surface area contributed by atoms with E-state index in [2.05, 4.69) is 15.2 Å². The van der Waals surface area contributed by atoms with E-state index in [-0.39, 0.29) is 11.9 Å². The highest BCUT2D eigenvalue weighted by Gasteiger charge is 2.22. The van der Waals surface area contributed by atoms with Crippen LogP contribution in [0.5, 0.6) is 0 Å². The molecule has 4 nitrogen and oxygen atoms in total. The molecule has 1 aromatic heterocycles. The average molecular weight is 365 g/mol. The van der Waals surface area contributed by atoms with E-state index in [1.807, 2.05) is 6.92 Å². The molecule has 1 N–H and O–H groups in total. The van der Waals surface area contributed by atoms with Gasteiger partial charge in [-0.05, 0) is 37.0 Å². The Morgan fingerprint density at radius 3 is 2.72 bits per heavy atom. The largest absolute Gasteiger partial charge is 0.348 e. The van der Waals surface area contributed by atoms with Crippen molar-refractivity contribution >= 4 is 17.2 Å². The van der Waals surface area contributed by atoms with E-state index in [1.54, 1.807) is 12.3 Å². The van der Waals surface area contributed by atoms with Crippen LogP contribution < -0.4 is 5.32 Å². The lowest BCUT2D eigenvalue weighted by Gasteiger charge is -2.32. The van der Waals surface area contributed by atoms with E-state index >= 15 is 0 Å². The van der Waals surface area contributed by atoms with Crippen molar-refractivity contribution in [3.63, 3.8) is 0 Å². The van der Waals surface area contributed by atoms with Gasteiger partial charge in [-0.2, -0.15) is 0 Å². The van der Waals surface area contributed by atoms with Gasteiger partial charge in [0.15, 0.2) is 11.6 Å². The molecule has 1 aliphatic rings. The molecule has 1 amide bonds. The SMILES string of the molecule is CCc1ncc(C(=O)NC2CCN(Cc3ccc(F)c(F)c3)CC2)s1. The van der Waals surface area contributed by atoms with Gasteiger partial charge in [0.2, 0.25) is 0 Å². The summed E-state index contributed by atoms with van der Waals surface area (Å²) in [6, 6.07) is 4.16. The maximum absolute atomic E-state index is 13.3. The fraction of sp³-hybridized carbons (Fsp3) is 0.444. The summed E-state index contributed by atoms with van der Waals surface area (Å²) in [4.78, 5) is 19.3. The van der Waals surface area contributed by atoms with Crippen molar-refractivity contribution in [2.75, 3.05) is 13.1 Å². The standard InChI is InChI=1S/C18H21F2N3OS/c1-2-17-21-10-16(25-17)18(24)22-13-5-7-23(8-6-13)11-12-3-4-14(19)15(20)9-12/h3-4,9-10,13H,2,5-8,11H2,1H3,(H,22,24). The first kappa shape index (κ1) is 17.9. The quantitative estimate of drug-likeness (QED) is 0.884. The molecular formula is C18H21F2N3OS. The van der Waals surface area contributed by atoms with Crippen molar-refractivity contribution in [3.8, 4) is 0 Å². The fourth-order valence-electron chi connectivity index (χ4n) is 2.97. The van der Waals surface area contributed by atoms with Crippen LogP contribution in [-0.2, 0) is 13.0 Å². The lowest BCUT2D eigenvalue weighted by Crippen LogP contribution is -2.44. The van der Waals surface area contributed by atoms with E-state index < -0.39 is 11.6 Å². The van der Waals surface area contributed by atoms with Gasteiger partial charge in [0, 0.05) is 25.7 Å². The molecule has 2 heterocycles. The molecular weight excluding hydrogens is 344 g/mol. The van der Waals surface area contributed by atoms with Crippen LogP contribution >= 0.6 is 11.3 Å². The molecule has 0 atom stereocenters. The van der Waals surface area contributed by atoms with Gasteiger partial charge in [-0.15, -0.1) is 11.3 Å². The molecule has 1 aliphatic heterocycles. The molecule has 1 fully saturated rings. The van der Waals surface area contributed by atoms with E-state index in [1.165, 1.54) is 17.4 Å². The number of hydrogen-bond acceptors (Lipinski definition) is 4. The zero-order valence-corrected chi connectivity index (χ0v) is 14.9. The van der Waals surface area contributed by atoms with Crippen molar-refractivity contribution in [2.24, 2.45) is 0 Å². The maximum atomic E-state index is 13.3. The zero-order chi connectivity index (χ0) is 17.8. The fourth-order valence-corrected chi connectivity index (χ4v) is 3.73. The predicted octanol–water partition coefficient (Wildman–Crippen LogP) is 3.38. The Morgan fingerprint density at radius 1 is 1.32 bits per heavy atom. The Labute approximate surface area is 149 Å². The molecule has 0 aliphatic carbocycles. The first-order valence-electron chi connectivity index (χ1n) is 8.47. The molecule has 0 spiro atoms. The smallest absolute Gasteiger partial charge is 0.263 e. The van der Waals surface area contributed by atoms with Crippen LogP contribution in [0.1, 0.15) is 40.0 Å². The molecule has 134 valence electrons. The minimum absolute atomic E-state index is 0.0590. The van der Waals surface area contributed by atoms with Gasteiger partial charge in [0.25, 0.3) is 5.91 Å². The first-order valence-corrected chi connectivity index (χ1v) is 9.28. The van der Waals surface area contributed by atoms with E-state index in [0.717, 1.165) is 49.0 Å². The number of nitrogens with zero attached hydrogens (tertiary/aromatic N) is 2. The molecule has 0 bridgehead atoms. The lowest BCUT2D eigenvalue weighted by atomic mass is 10.0. The summed E-state index contributed by atoms with van der Waals surface area (Å²) in [5, 5.41) is 4.03. The molecule has 1 saturated heterocycles. The summed E-state index contributed by atoms with van der Waals surface area (Å²) in [7, 11) is 0. The molecule has 7 heteroatoms. The van der Waals surface area contributed by atoms with Gasteiger partial charge in [0.05, 0.1) is 11.2 Å².